The van der Waals surface area contributed by atoms with E-state index in [9.17, 15) is 0 Å². The van der Waals surface area contributed by atoms with Crippen molar-refractivity contribution in [1.82, 2.24) is 24.1 Å². The Kier molecular flexibility index (Phi) is 7.06. The first-order valence-electron chi connectivity index (χ1n) is 22.8. The average Bonchev–Trinajstić information content (AvgIpc) is 3.91. The Bertz CT molecular complexity index is 3840. The first kappa shape index (κ1) is 36.2. The van der Waals surface area contributed by atoms with E-state index in [4.69, 9.17) is 33.9 Å². The topological polar surface area (TPSA) is 85.5 Å². The fourth-order valence-electron chi connectivity index (χ4n) is 11.4. The maximum absolute atomic E-state index is 7.03. The minimum Gasteiger partial charge on any atom is -0.458 e. The van der Waals surface area contributed by atoms with Crippen LogP contribution in [0.2, 0.25) is 0 Å². The Morgan fingerprint density at radius 1 is 0.324 bits per heavy atom. The number of nitrogens with zero attached hydrogens (tertiary/aromatic N) is 5. The summed E-state index contributed by atoms with van der Waals surface area (Å²) in [5, 5.41) is 4.56. The molecule has 9 nitrogen and oxygen atoms in total. The van der Waals surface area contributed by atoms with Gasteiger partial charge in [0.25, 0.3) is 13.4 Å². The molecule has 0 atom stereocenters. The van der Waals surface area contributed by atoms with Crippen molar-refractivity contribution < 1.29 is 18.9 Å². The van der Waals surface area contributed by atoms with Gasteiger partial charge >= 0.3 is 0 Å². The van der Waals surface area contributed by atoms with E-state index < -0.39 is 0 Å². The molecule has 0 aliphatic carbocycles. The van der Waals surface area contributed by atoms with Gasteiger partial charge in [0.1, 0.15) is 34.6 Å². The zero-order valence-corrected chi connectivity index (χ0v) is 35.9. The number of ether oxygens (including phenoxy) is 4. The van der Waals surface area contributed by atoms with Crippen molar-refractivity contribution in [3.05, 3.63) is 188 Å². The summed E-state index contributed by atoms with van der Waals surface area (Å²) in [6.07, 6.45) is 0. The molecule has 8 aromatic carbocycles. The van der Waals surface area contributed by atoms with Crippen LogP contribution in [0, 0.1) is 0 Å². The summed E-state index contributed by atoms with van der Waals surface area (Å²) in [5.74, 6) is 6.49. The lowest BCUT2D eigenvalue weighted by Crippen LogP contribution is -2.58. The molecule has 0 saturated heterocycles. The van der Waals surface area contributed by atoms with Gasteiger partial charge in [-0.2, -0.15) is 15.0 Å². The average molecular weight is 872 g/mol. The highest BCUT2D eigenvalue weighted by Gasteiger charge is 2.44. The quantitative estimate of drug-likeness (QED) is 0.164. The van der Waals surface area contributed by atoms with E-state index in [0.29, 0.717) is 29.3 Å². The lowest BCUT2D eigenvalue weighted by Gasteiger charge is -2.33. The molecule has 0 spiro atoms. The van der Waals surface area contributed by atoms with Crippen LogP contribution >= 0.6 is 0 Å². The molecule has 0 N–H and O–H groups in total. The van der Waals surface area contributed by atoms with Crippen molar-refractivity contribution >= 4 is 89.8 Å². The molecule has 0 radical (unpaired) electrons. The smallest absolute Gasteiger partial charge is 0.265 e. The van der Waals surface area contributed by atoms with Gasteiger partial charge in [-0.3, -0.25) is 9.13 Å². The number of hydrogen-bond donors (Lipinski definition) is 0. The van der Waals surface area contributed by atoms with Crippen molar-refractivity contribution in [1.29, 1.82) is 0 Å². The van der Waals surface area contributed by atoms with Gasteiger partial charge in [-0.1, -0.05) is 133 Å². The van der Waals surface area contributed by atoms with Crippen LogP contribution in [0.4, 0.5) is 0 Å². The van der Waals surface area contributed by atoms with E-state index >= 15 is 0 Å². The minimum atomic E-state index is -0.196. The predicted octanol–water partition coefficient (Wildman–Crippen LogP) is 9.19. The zero-order valence-electron chi connectivity index (χ0n) is 35.9. The molecule has 11 heteroatoms. The van der Waals surface area contributed by atoms with Gasteiger partial charge in [0.2, 0.25) is 23.6 Å². The fraction of sp³-hybridized carbons (Fsp3) is 0. The zero-order chi connectivity index (χ0) is 44.2. The molecular weight excluding hydrogens is 840 g/mol. The second-order valence-electron chi connectivity index (χ2n) is 17.8. The summed E-state index contributed by atoms with van der Waals surface area (Å²) in [7, 11) is 0. The molecule has 0 bridgehead atoms. The third-order valence-electron chi connectivity index (χ3n) is 14.3. The summed E-state index contributed by atoms with van der Waals surface area (Å²) >= 11 is 0. The summed E-state index contributed by atoms with van der Waals surface area (Å²) < 4.78 is 31.5. The van der Waals surface area contributed by atoms with Gasteiger partial charge in [-0.05, 0) is 81.5 Å². The van der Waals surface area contributed by atoms with Crippen LogP contribution in [-0.2, 0) is 0 Å². The molecule has 0 fully saturated rings. The molecule has 4 aromatic heterocycles. The Balaban J connectivity index is 0.840. The van der Waals surface area contributed by atoms with Crippen LogP contribution in [0.15, 0.2) is 188 Å². The molecule has 68 heavy (non-hydrogen) atoms. The van der Waals surface area contributed by atoms with E-state index in [1.54, 1.807) is 0 Å². The van der Waals surface area contributed by atoms with E-state index in [1.807, 2.05) is 36.4 Å². The SMILES string of the molecule is c1ccc2c(c1)Oc1nc(-n3c4ccccc4c4ccccc43)cc3c1B2c1ccc(-c2ccc4c(c2)Oc2nc(-n5c6ccccc6c6ccccc65)nc5c2B4c2ccccc2O5)cc1O3. The molecule has 0 amide bonds. The highest BCUT2D eigenvalue weighted by atomic mass is 16.5. The molecule has 0 saturated carbocycles. The predicted molar refractivity (Wildman–Crippen MR) is 269 cm³/mol. The van der Waals surface area contributed by atoms with Gasteiger partial charge < -0.3 is 18.9 Å². The molecule has 4 aliphatic heterocycles. The van der Waals surface area contributed by atoms with Gasteiger partial charge in [-0.25, -0.2) is 0 Å². The van der Waals surface area contributed by atoms with E-state index in [1.165, 1.54) is 0 Å². The lowest BCUT2D eigenvalue weighted by molar-refractivity contribution is 0.437. The van der Waals surface area contributed by atoms with Crippen LogP contribution in [0.25, 0.3) is 66.5 Å². The summed E-state index contributed by atoms with van der Waals surface area (Å²) in [6, 6.07) is 65.1. The summed E-state index contributed by atoms with van der Waals surface area (Å²) in [5.41, 5.74) is 12.0. The van der Waals surface area contributed by atoms with Crippen LogP contribution in [0.3, 0.4) is 0 Å². The lowest BCUT2D eigenvalue weighted by atomic mass is 9.35. The third kappa shape index (κ3) is 4.88. The van der Waals surface area contributed by atoms with E-state index in [2.05, 4.69) is 161 Å². The normalized spacial score (nSPS) is 13.4. The maximum Gasteiger partial charge on any atom is 0.265 e. The van der Waals surface area contributed by atoms with E-state index in [0.717, 1.165) is 116 Å². The van der Waals surface area contributed by atoms with Gasteiger partial charge in [-0.15, -0.1) is 0 Å². The molecule has 16 rings (SSSR count). The second kappa shape index (κ2) is 13.3. The summed E-state index contributed by atoms with van der Waals surface area (Å²) in [6.45, 7) is -0.338. The van der Waals surface area contributed by atoms with Crippen LogP contribution < -0.4 is 51.7 Å². The Morgan fingerprint density at radius 2 is 0.735 bits per heavy atom. The van der Waals surface area contributed by atoms with Crippen molar-refractivity contribution in [2.24, 2.45) is 0 Å². The third-order valence-corrected chi connectivity index (χ3v) is 14.3. The highest BCUT2D eigenvalue weighted by Crippen LogP contribution is 2.41. The molecule has 314 valence electrons. The molecule has 8 heterocycles. The number of hydrogen-bond acceptors (Lipinski definition) is 7. The Labute approximate surface area is 388 Å². The molecule has 4 aliphatic rings. The fourth-order valence-corrected chi connectivity index (χ4v) is 11.4. The van der Waals surface area contributed by atoms with Crippen molar-refractivity contribution in [2.75, 3.05) is 0 Å². The number of rotatable bonds is 3. The number of pyridine rings is 1. The first-order valence-corrected chi connectivity index (χ1v) is 22.8. The van der Waals surface area contributed by atoms with Crippen LogP contribution in [0.1, 0.15) is 0 Å². The first-order chi connectivity index (χ1) is 33.7. The Morgan fingerprint density at radius 3 is 1.28 bits per heavy atom. The summed E-state index contributed by atoms with van der Waals surface area (Å²) in [4.78, 5) is 15.6. The largest absolute Gasteiger partial charge is 0.458 e. The Hall–Kier alpha value is -9.08. The molecule has 0 unspecified atom stereocenters. The second-order valence-corrected chi connectivity index (χ2v) is 17.8. The van der Waals surface area contributed by atoms with Crippen molar-refractivity contribution in [3.63, 3.8) is 0 Å². The van der Waals surface area contributed by atoms with Gasteiger partial charge in [0.05, 0.1) is 27.5 Å². The van der Waals surface area contributed by atoms with E-state index in [-0.39, 0.29) is 13.4 Å². The highest BCUT2D eigenvalue weighted by molar-refractivity contribution is 6.99. The molecular formula is C57H31B2N5O4. The monoisotopic (exact) mass is 871 g/mol. The number of benzene rings is 8. The standard InChI is InChI=1S/C57H31B2N5O4/c1-7-19-42-34(13-1)35-14-2-8-20-43(35)63(42)51-31-50-52-54(60-51)66-46-23-11-5-17-38(46)58(52)40-27-25-32(29-48(40)65-50)33-26-28-41-49(30-33)68-56-53-55(67-47-24-12-6-18-39(47)59(41)53)61-57(62-56)64-44-21-9-3-15-36(44)37-16-4-10-22-45(37)64/h1-31H. The number of aromatic nitrogens is 5. The van der Waals surface area contributed by atoms with Crippen molar-refractivity contribution in [3.8, 4) is 69.3 Å². The number of fused-ring (bicyclic) bond motifs is 14. The van der Waals surface area contributed by atoms with Crippen molar-refractivity contribution in [2.45, 2.75) is 0 Å². The maximum atomic E-state index is 7.03. The van der Waals surface area contributed by atoms with Crippen LogP contribution in [-0.4, -0.2) is 37.5 Å². The van der Waals surface area contributed by atoms with Gasteiger partial charge in [0.15, 0.2) is 0 Å². The minimum absolute atomic E-state index is 0.142. The van der Waals surface area contributed by atoms with Crippen LogP contribution in [0.5, 0.6) is 46.4 Å². The number of para-hydroxylation sites is 6. The molecule has 12 aromatic rings. The van der Waals surface area contributed by atoms with Gasteiger partial charge in [0, 0.05) is 33.1 Å².